The van der Waals surface area contributed by atoms with Crippen molar-refractivity contribution in [2.45, 2.75) is 24.6 Å². The molecule has 0 saturated heterocycles. The minimum atomic E-state index is -1.21. The molecule has 0 aliphatic carbocycles. The Labute approximate surface area is 93.1 Å². The lowest BCUT2D eigenvalue weighted by molar-refractivity contribution is -0.140. The zero-order chi connectivity index (χ0) is 13.4. The smallest absolute Gasteiger partial charge is 0.323 e. The number of aliphatic carboxylic acids is 1. The van der Waals surface area contributed by atoms with E-state index in [0.717, 1.165) is 0 Å². The van der Waals surface area contributed by atoms with Crippen molar-refractivity contribution in [1.29, 1.82) is 0 Å². The summed E-state index contributed by atoms with van der Waals surface area (Å²) in [4.78, 5) is 9.86. The molecule has 9 N–H and O–H groups in total. The first kappa shape index (κ1) is 17.6. The Morgan fingerprint density at radius 1 is 1.25 bits per heavy atom. The van der Waals surface area contributed by atoms with E-state index in [1.807, 2.05) is 0 Å². The number of carbonyl (C=O) groups is 1. The first-order valence-electron chi connectivity index (χ1n) is 4.52. The van der Waals surface area contributed by atoms with E-state index in [9.17, 15) is 4.79 Å². The summed E-state index contributed by atoms with van der Waals surface area (Å²) >= 11 is 0. The van der Waals surface area contributed by atoms with E-state index in [4.69, 9.17) is 37.0 Å². The number of carboxylic acid groups (broad SMARTS) is 1. The molecule has 0 heterocycles. The molecule has 0 aromatic heterocycles. The van der Waals surface area contributed by atoms with Crippen molar-refractivity contribution in [1.82, 2.24) is 0 Å². The Morgan fingerprint density at radius 2 is 1.56 bits per heavy atom. The summed E-state index contributed by atoms with van der Waals surface area (Å²) in [6.07, 6.45) is -0.979. The molecule has 0 radical (unpaired) electrons. The van der Waals surface area contributed by atoms with Gasteiger partial charge in [0.25, 0.3) is 0 Å². The molecule has 98 valence electrons. The van der Waals surface area contributed by atoms with Gasteiger partial charge in [0.2, 0.25) is 0 Å². The predicted molar refractivity (Wildman–Crippen MR) is 55.5 cm³/mol. The molecule has 2 atom stereocenters. The summed E-state index contributed by atoms with van der Waals surface area (Å²) < 4.78 is 0. The minimum Gasteiger partial charge on any atom is -0.480 e. The molecular weight excluding hydrogens is 220 g/mol. The van der Waals surface area contributed by atoms with Crippen molar-refractivity contribution in [2.24, 2.45) is 11.5 Å². The number of hydrogen-bond donors (Lipinski definition) is 7. The van der Waals surface area contributed by atoms with Crippen LogP contribution in [-0.4, -0.2) is 69.0 Å². The molecule has 0 amide bonds. The minimum absolute atomic E-state index is 0.403. The lowest BCUT2D eigenvalue weighted by Gasteiger charge is -2.20. The van der Waals surface area contributed by atoms with Crippen LogP contribution in [0.4, 0.5) is 0 Å². The maximum atomic E-state index is 9.86. The highest BCUT2D eigenvalue weighted by atomic mass is 16.4. The van der Waals surface area contributed by atoms with Crippen LogP contribution in [0, 0.1) is 0 Å². The molecule has 0 spiro atoms. The maximum Gasteiger partial charge on any atom is 0.323 e. The van der Waals surface area contributed by atoms with Crippen molar-refractivity contribution in [3.05, 3.63) is 0 Å². The number of nitrogens with two attached hydrogens (primary N) is 2. The van der Waals surface area contributed by atoms with Crippen molar-refractivity contribution < 1.29 is 30.3 Å². The molecule has 0 unspecified atom stereocenters. The standard InChI is InChI=1S/C4H11NO3.C4H9NO3/c5-4(1-6,2-7)3-8;1-2(6)3(5)4(7)8/h6-8H,1-3,5H2;2-3,6H,5H2,1H3,(H,7,8)/t;2-,3+/m.1/s1. The molecule has 0 aliphatic rings. The Kier molecular flexibility index (Phi) is 9.24. The van der Waals surface area contributed by atoms with E-state index < -0.39 is 43.5 Å². The van der Waals surface area contributed by atoms with E-state index in [-0.39, 0.29) is 0 Å². The Hall–Kier alpha value is -0.770. The average Bonchev–Trinajstić information content (AvgIpc) is 2.27. The van der Waals surface area contributed by atoms with Crippen LogP contribution in [0.3, 0.4) is 0 Å². The highest BCUT2D eigenvalue weighted by Gasteiger charge is 2.20. The number of rotatable bonds is 5. The van der Waals surface area contributed by atoms with Crippen molar-refractivity contribution in [3.63, 3.8) is 0 Å². The van der Waals surface area contributed by atoms with E-state index in [1.165, 1.54) is 6.92 Å². The Morgan fingerprint density at radius 3 is 1.56 bits per heavy atom. The number of hydrogen-bond acceptors (Lipinski definition) is 7. The van der Waals surface area contributed by atoms with Crippen LogP contribution >= 0.6 is 0 Å². The number of aliphatic hydroxyl groups is 4. The summed E-state index contributed by atoms with van der Waals surface area (Å²) in [5.41, 5.74) is 8.85. The predicted octanol–water partition coefficient (Wildman–Crippen LogP) is -3.56. The van der Waals surface area contributed by atoms with Gasteiger partial charge in [-0.15, -0.1) is 0 Å². The zero-order valence-electron chi connectivity index (χ0n) is 9.08. The third kappa shape index (κ3) is 7.51. The first-order valence-corrected chi connectivity index (χ1v) is 4.52. The summed E-state index contributed by atoms with van der Waals surface area (Å²) in [5, 5.41) is 41.6. The van der Waals surface area contributed by atoms with Gasteiger partial charge in [-0.05, 0) is 6.92 Å². The molecule has 8 heteroatoms. The molecule has 0 aromatic rings. The molecule has 0 aromatic carbocycles. The summed E-state index contributed by atoms with van der Waals surface area (Å²) in [6, 6.07) is -1.16. The normalized spacial score (nSPS) is 14.7. The third-order valence-corrected chi connectivity index (χ3v) is 1.75. The van der Waals surface area contributed by atoms with E-state index in [0.29, 0.717) is 0 Å². The van der Waals surface area contributed by atoms with Crippen LogP contribution in [0.5, 0.6) is 0 Å². The molecular formula is C8H20N2O6. The van der Waals surface area contributed by atoms with Gasteiger partial charge in [0, 0.05) is 0 Å². The topological polar surface area (TPSA) is 170 Å². The quantitative estimate of drug-likeness (QED) is 0.259. The van der Waals surface area contributed by atoms with Crippen molar-refractivity contribution >= 4 is 5.97 Å². The average molecular weight is 240 g/mol. The van der Waals surface area contributed by atoms with Crippen LogP contribution in [0.15, 0.2) is 0 Å². The van der Waals surface area contributed by atoms with Gasteiger partial charge in [0.05, 0.1) is 31.5 Å². The SMILES string of the molecule is C[C@@H](O)[C@H](N)C(=O)O.NC(CO)(CO)CO. The fourth-order valence-corrected chi connectivity index (χ4v) is 0.356. The second kappa shape index (κ2) is 8.39. The number of aliphatic hydroxyl groups excluding tert-OH is 4. The first-order chi connectivity index (χ1) is 7.24. The van der Waals surface area contributed by atoms with E-state index in [1.54, 1.807) is 0 Å². The zero-order valence-corrected chi connectivity index (χ0v) is 9.08. The summed E-state index contributed by atoms with van der Waals surface area (Å²) in [5.74, 6) is -1.18. The second-order valence-corrected chi connectivity index (χ2v) is 3.44. The largest absolute Gasteiger partial charge is 0.480 e. The van der Waals surface area contributed by atoms with E-state index in [2.05, 4.69) is 0 Å². The maximum absolute atomic E-state index is 9.86. The molecule has 0 rings (SSSR count). The number of carboxylic acids is 1. The Bertz CT molecular complexity index is 187. The lowest BCUT2D eigenvalue weighted by Crippen LogP contribution is -2.50. The van der Waals surface area contributed by atoms with Crippen molar-refractivity contribution in [2.75, 3.05) is 19.8 Å². The molecule has 0 fully saturated rings. The van der Waals surface area contributed by atoms with Crippen LogP contribution in [0.1, 0.15) is 6.92 Å². The summed E-state index contributed by atoms with van der Waals surface area (Å²) in [6.45, 7) is 0.124. The molecule has 0 bridgehead atoms. The molecule has 16 heavy (non-hydrogen) atoms. The van der Waals surface area contributed by atoms with Crippen LogP contribution in [0.2, 0.25) is 0 Å². The fraction of sp³-hybridized carbons (Fsp3) is 0.875. The van der Waals surface area contributed by atoms with Gasteiger partial charge in [-0.1, -0.05) is 0 Å². The van der Waals surface area contributed by atoms with Gasteiger partial charge < -0.3 is 37.0 Å². The Balaban J connectivity index is 0. The monoisotopic (exact) mass is 240 g/mol. The van der Waals surface area contributed by atoms with Gasteiger partial charge in [0.1, 0.15) is 6.04 Å². The highest BCUT2D eigenvalue weighted by molar-refractivity contribution is 5.73. The van der Waals surface area contributed by atoms with Gasteiger partial charge in [-0.2, -0.15) is 0 Å². The molecule has 0 aliphatic heterocycles. The van der Waals surface area contributed by atoms with Crippen LogP contribution < -0.4 is 11.5 Å². The second-order valence-electron chi connectivity index (χ2n) is 3.44. The van der Waals surface area contributed by atoms with Gasteiger partial charge in [-0.3, -0.25) is 4.79 Å². The fourth-order valence-electron chi connectivity index (χ4n) is 0.356. The highest BCUT2D eigenvalue weighted by Crippen LogP contribution is 1.93. The van der Waals surface area contributed by atoms with Crippen LogP contribution in [0.25, 0.3) is 0 Å². The summed E-state index contributed by atoms with van der Waals surface area (Å²) in [7, 11) is 0. The van der Waals surface area contributed by atoms with Gasteiger partial charge in [-0.25, -0.2) is 0 Å². The third-order valence-electron chi connectivity index (χ3n) is 1.75. The van der Waals surface area contributed by atoms with Gasteiger partial charge in [0.15, 0.2) is 0 Å². The van der Waals surface area contributed by atoms with Crippen molar-refractivity contribution in [3.8, 4) is 0 Å². The lowest BCUT2D eigenvalue weighted by atomic mass is 10.1. The van der Waals surface area contributed by atoms with Crippen LogP contribution in [-0.2, 0) is 4.79 Å². The molecule has 0 saturated carbocycles. The van der Waals surface area contributed by atoms with E-state index >= 15 is 0 Å². The molecule has 8 nitrogen and oxygen atoms in total. The van der Waals surface area contributed by atoms with Gasteiger partial charge >= 0.3 is 5.97 Å².